The van der Waals surface area contributed by atoms with Gasteiger partial charge in [-0.3, -0.25) is 9.79 Å². The zero-order chi connectivity index (χ0) is 27.4. The number of urea groups is 1. The Morgan fingerprint density at radius 1 is 0.846 bits per heavy atom. The molecule has 2 aromatic carbocycles. The minimum absolute atomic E-state index is 0.224. The molecule has 0 saturated heterocycles. The number of anilines is 3. The first kappa shape index (κ1) is 25.9. The van der Waals surface area contributed by atoms with Crippen molar-refractivity contribution in [2.45, 2.75) is 6.18 Å². The first-order valence-corrected chi connectivity index (χ1v) is 12.6. The van der Waals surface area contributed by atoms with Crippen LogP contribution >= 0.6 is 11.3 Å². The van der Waals surface area contributed by atoms with E-state index in [1.54, 1.807) is 42.6 Å². The van der Waals surface area contributed by atoms with Crippen LogP contribution < -0.4 is 16.0 Å². The Labute approximate surface area is 225 Å². The number of aromatic nitrogens is 1. The van der Waals surface area contributed by atoms with Gasteiger partial charge in [0.25, 0.3) is 5.91 Å². The summed E-state index contributed by atoms with van der Waals surface area (Å²) in [4.78, 5) is 34.3. The van der Waals surface area contributed by atoms with Gasteiger partial charge in [-0.1, -0.05) is 24.3 Å². The smallest absolute Gasteiger partial charge is 0.308 e. The van der Waals surface area contributed by atoms with Crippen molar-refractivity contribution >= 4 is 51.8 Å². The van der Waals surface area contributed by atoms with Crippen LogP contribution in [0.4, 0.5) is 35.2 Å². The quantitative estimate of drug-likeness (QED) is 0.244. The average molecular weight is 548 g/mol. The number of halogens is 3. The highest BCUT2D eigenvalue weighted by Gasteiger charge is 2.30. The Kier molecular flexibility index (Phi) is 7.24. The monoisotopic (exact) mass is 547 g/mol. The van der Waals surface area contributed by atoms with Gasteiger partial charge in [0.2, 0.25) is 0 Å². The number of nitrogens with one attached hydrogen (secondary N) is 3. The molecular formula is C28H20F3N5O2S. The molecule has 2 aromatic heterocycles. The van der Waals surface area contributed by atoms with Crippen LogP contribution in [0, 0.1) is 0 Å². The van der Waals surface area contributed by atoms with Crippen molar-refractivity contribution in [1.82, 2.24) is 4.98 Å². The topological polar surface area (TPSA) is 95.5 Å². The summed E-state index contributed by atoms with van der Waals surface area (Å²) in [5, 5.41) is 9.85. The van der Waals surface area contributed by atoms with Gasteiger partial charge in [0.05, 0.1) is 22.7 Å². The van der Waals surface area contributed by atoms with Gasteiger partial charge in [-0.15, -0.1) is 11.3 Å². The van der Waals surface area contributed by atoms with Crippen molar-refractivity contribution in [3.63, 3.8) is 0 Å². The number of thiophene rings is 1. The molecule has 7 nitrogen and oxygen atoms in total. The Morgan fingerprint density at radius 3 is 2.38 bits per heavy atom. The fourth-order valence-corrected chi connectivity index (χ4v) is 4.56. The molecule has 3 N–H and O–H groups in total. The molecule has 11 heteroatoms. The highest BCUT2D eigenvalue weighted by molar-refractivity contribution is 7.12. The Morgan fingerprint density at radius 2 is 1.64 bits per heavy atom. The molecule has 1 aliphatic heterocycles. The third-order valence-corrected chi connectivity index (χ3v) is 6.59. The highest BCUT2D eigenvalue weighted by Crippen LogP contribution is 2.30. The fraction of sp³-hybridized carbons (Fsp3) is 0.0714. The number of nitrogens with zero attached hydrogens (tertiary/aromatic N) is 2. The van der Waals surface area contributed by atoms with Gasteiger partial charge < -0.3 is 16.0 Å². The van der Waals surface area contributed by atoms with Crippen LogP contribution in [0.15, 0.2) is 95.4 Å². The van der Waals surface area contributed by atoms with Crippen molar-refractivity contribution in [1.29, 1.82) is 0 Å². The number of carbonyl (C=O) groups excluding carboxylic acids is 2. The number of allylic oxidation sites excluding steroid dienone is 1. The van der Waals surface area contributed by atoms with Crippen LogP contribution in [0.2, 0.25) is 0 Å². The van der Waals surface area contributed by atoms with Crippen LogP contribution in [-0.4, -0.2) is 29.2 Å². The molecule has 3 heterocycles. The third-order valence-electron chi connectivity index (χ3n) is 5.72. The molecule has 196 valence electrons. The fourth-order valence-electron chi connectivity index (χ4n) is 3.94. The molecule has 0 atom stereocenters. The molecule has 3 amide bonds. The second kappa shape index (κ2) is 10.9. The Bertz CT molecular complexity index is 1580. The summed E-state index contributed by atoms with van der Waals surface area (Å²) < 4.78 is 38.3. The first-order valence-electron chi connectivity index (χ1n) is 11.7. The molecule has 5 rings (SSSR count). The van der Waals surface area contributed by atoms with E-state index in [4.69, 9.17) is 0 Å². The van der Waals surface area contributed by atoms with Crippen molar-refractivity contribution in [3.05, 3.63) is 112 Å². The van der Waals surface area contributed by atoms with Crippen molar-refractivity contribution in [3.8, 4) is 0 Å². The number of hydrogen-bond donors (Lipinski definition) is 3. The van der Waals surface area contributed by atoms with E-state index in [-0.39, 0.29) is 11.6 Å². The van der Waals surface area contributed by atoms with Crippen LogP contribution in [0.1, 0.15) is 26.4 Å². The van der Waals surface area contributed by atoms with E-state index in [1.165, 1.54) is 23.5 Å². The van der Waals surface area contributed by atoms with E-state index in [2.05, 4.69) is 25.9 Å². The maximum Gasteiger partial charge on any atom is 0.416 e. The summed E-state index contributed by atoms with van der Waals surface area (Å²) in [5.74, 6) is 0.172. The second-order valence-electron chi connectivity index (χ2n) is 8.40. The van der Waals surface area contributed by atoms with E-state index < -0.39 is 17.8 Å². The van der Waals surface area contributed by atoms with E-state index >= 15 is 0 Å². The number of aliphatic imine (C=N–C) groups is 1. The second-order valence-corrected chi connectivity index (χ2v) is 9.35. The van der Waals surface area contributed by atoms with Gasteiger partial charge in [-0.2, -0.15) is 13.2 Å². The van der Waals surface area contributed by atoms with Crippen molar-refractivity contribution in [2.75, 3.05) is 22.5 Å². The minimum Gasteiger partial charge on any atom is -0.308 e. The van der Waals surface area contributed by atoms with Crippen LogP contribution in [0.25, 0.3) is 5.57 Å². The van der Waals surface area contributed by atoms with Crippen LogP contribution in [-0.2, 0) is 6.18 Å². The maximum absolute atomic E-state index is 12.8. The molecule has 0 bridgehead atoms. The number of rotatable bonds is 6. The zero-order valence-electron chi connectivity index (χ0n) is 20.1. The Balaban J connectivity index is 1.27. The molecule has 4 aromatic rings. The molecule has 39 heavy (non-hydrogen) atoms. The zero-order valence-corrected chi connectivity index (χ0v) is 20.9. The lowest BCUT2D eigenvalue weighted by Gasteiger charge is -2.12. The summed E-state index contributed by atoms with van der Waals surface area (Å²) in [6.07, 6.45) is -0.875. The standard InChI is InChI=1S/C28H20F3N5O2S/c29-28(30,31)19-6-8-20(9-7-19)34-27(38)35-21-4-1-3-18(15-21)25-22(11-13-33-25)17-10-12-32-24(16-17)36-26(37)23-5-2-14-39-23/h1-12,14-16H,13H2,(H,32,36,37)(H2,34,35,38). The molecule has 0 unspecified atom stereocenters. The summed E-state index contributed by atoms with van der Waals surface area (Å²) in [5.41, 5.74) is 3.05. The normalized spacial score (nSPS) is 12.9. The molecule has 0 spiro atoms. The van der Waals surface area contributed by atoms with Gasteiger partial charge >= 0.3 is 12.2 Å². The first-order chi connectivity index (χ1) is 18.8. The average Bonchev–Trinajstić information content (AvgIpc) is 3.62. The molecular weight excluding hydrogens is 527 g/mol. The predicted molar refractivity (Wildman–Crippen MR) is 146 cm³/mol. The minimum atomic E-state index is -4.45. The summed E-state index contributed by atoms with van der Waals surface area (Å²) in [7, 11) is 0. The summed E-state index contributed by atoms with van der Waals surface area (Å²) >= 11 is 1.34. The van der Waals surface area contributed by atoms with Crippen molar-refractivity contribution < 1.29 is 22.8 Å². The Hall–Kier alpha value is -4.77. The number of pyridine rings is 1. The largest absolute Gasteiger partial charge is 0.416 e. The SMILES string of the molecule is O=C(Nc1ccc(C(F)(F)F)cc1)Nc1cccc(C2=NCC=C2c2ccnc(NC(=O)c3cccs3)c2)c1. The van der Waals surface area contributed by atoms with E-state index in [1.807, 2.05) is 23.6 Å². The van der Waals surface area contributed by atoms with Gasteiger partial charge in [-0.05, 0) is 65.5 Å². The van der Waals surface area contributed by atoms with Gasteiger partial charge in [0.1, 0.15) is 5.82 Å². The van der Waals surface area contributed by atoms with E-state index in [0.717, 1.165) is 28.8 Å². The molecule has 1 aliphatic rings. The molecule has 0 saturated carbocycles. The summed E-state index contributed by atoms with van der Waals surface area (Å²) in [6.45, 7) is 0.468. The molecule has 0 radical (unpaired) electrons. The van der Waals surface area contributed by atoms with Crippen molar-refractivity contribution in [2.24, 2.45) is 4.99 Å². The molecule has 0 fully saturated rings. The lowest BCUT2D eigenvalue weighted by molar-refractivity contribution is -0.137. The number of carbonyl (C=O) groups is 2. The summed E-state index contributed by atoms with van der Waals surface area (Å²) in [6, 6.07) is 17.8. The third kappa shape index (κ3) is 6.21. The van der Waals surface area contributed by atoms with E-state index in [9.17, 15) is 22.8 Å². The highest BCUT2D eigenvalue weighted by atomic mass is 32.1. The maximum atomic E-state index is 12.8. The lowest BCUT2D eigenvalue weighted by atomic mass is 9.97. The van der Waals surface area contributed by atoms with Gasteiger partial charge in [0.15, 0.2) is 0 Å². The number of hydrogen-bond acceptors (Lipinski definition) is 5. The molecule has 0 aliphatic carbocycles. The predicted octanol–water partition coefficient (Wildman–Crippen LogP) is 6.94. The van der Waals surface area contributed by atoms with Gasteiger partial charge in [0, 0.05) is 28.7 Å². The number of amides is 3. The lowest BCUT2D eigenvalue weighted by Crippen LogP contribution is -2.19. The number of benzene rings is 2. The van der Waals surface area contributed by atoms with Crippen LogP contribution in [0.3, 0.4) is 0 Å². The van der Waals surface area contributed by atoms with E-state index in [0.29, 0.717) is 28.6 Å². The van der Waals surface area contributed by atoms with Crippen LogP contribution in [0.5, 0.6) is 0 Å². The number of alkyl halides is 3. The van der Waals surface area contributed by atoms with Gasteiger partial charge in [-0.25, -0.2) is 9.78 Å².